The molecule has 0 aromatic heterocycles. The van der Waals surface area contributed by atoms with Gasteiger partial charge in [0.05, 0.1) is 0 Å². The van der Waals surface area contributed by atoms with Gasteiger partial charge in [-0.3, -0.25) is 4.79 Å². The third-order valence-electron chi connectivity index (χ3n) is 3.53. The van der Waals surface area contributed by atoms with Crippen LogP contribution >= 0.6 is 0 Å². The fraction of sp³-hybridized carbons (Fsp3) is 0.650. The molecule has 0 saturated carbocycles. The minimum Gasteiger partial charge on any atom is -0.481 e. The lowest BCUT2D eigenvalue weighted by Gasteiger charge is -1.96. The molecule has 22 heavy (non-hydrogen) atoms. The molecule has 0 bridgehead atoms. The molecular formula is C20H34O2. The first-order chi connectivity index (χ1) is 10.8. The van der Waals surface area contributed by atoms with E-state index in [-0.39, 0.29) is 0 Å². The molecule has 0 aliphatic heterocycles. The highest BCUT2D eigenvalue weighted by Crippen LogP contribution is 2.06. The summed E-state index contributed by atoms with van der Waals surface area (Å²) in [6.07, 6.45) is 26.3. The molecule has 2 nitrogen and oxygen atoms in total. The van der Waals surface area contributed by atoms with E-state index in [9.17, 15) is 4.79 Å². The van der Waals surface area contributed by atoms with Gasteiger partial charge in [-0.15, -0.1) is 0 Å². The molecule has 126 valence electrons. The van der Waals surface area contributed by atoms with E-state index in [1.165, 1.54) is 32.1 Å². The van der Waals surface area contributed by atoms with Crippen LogP contribution in [0.3, 0.4) is 0 Å². The Morgan fingerprint density at radius 2 is 1.23 bits per heavy atom. The van der Waals surface area contributed by atoms with Gasteiger partial charge in [0.15, 0.2) is 0 Å². The van der Waals surface area contributed by atoms with Gasteiger partial charge in [0.25, 0.3) is 0 Å². The molecule has 0 radical (unpaired) electrons. The lowest BCUT2D eigenvalue weighted by atomic mass is 10.1. The normalized spacial score (nSPS) is 12.0. The van der Waals surface area contributed by atoms with Crippen molar-refractivity contribution < 1.29 is 9.90 Å². The van der Waals surface area contributed by atoms with Crippen LogP contribution in [0.2, 0.25) is 0 Å². The maximum atomic E-state index is 10.3. The first-order valence-electron chi connectivity index (χ1n) is 8.94. The summed E-state index contributed by atoms with van der Waals surface area (Å²) in [6.45, 7) is 2.24. The third kappa shape index (κ3) is 18.7. The highest BCUT2D eigenvalue weighted by atomic mass is 16.4. The van der Waals surface area contributed by atoms with Crippen molar-refractivity contribution in [1.82, 2.24) is 0 Å². The molecule has 0 aromatic rings. The van der Waals surface area contributed by atoms with Crippen molar-refractivity contribution in [2.45, 2.75) is 84.0 Å². The van der Waals surface area contributed by atoms with Crippen LogP contribution in [0.1, 0.15) is 84.0 Å². The fourth-order valence-corrected chi connectivity index (χ4v) is 2.18. The molecule has 0 aromatic carbocycles. The SMILES string of the molecule is CCCCC/C=C\CC=CC/C=C\CCCCCCC(=O)O. The number of carboxylic acid groups (broad SMARTS) is 1. The zero-order valence-corrected chi connectivity index (χ0v) is 14.3. The molecule has 0 saturated heterocycles. The lowest BCUT2D eigenvalue weighted by molar-refractivity contribution is -0.137. The predicted octanol–water partition coefficient (Wildman–Crippen LogP) is 6.44. The summed E-state index contributed by atoms with van der Waals surface area (Å²) >= 11 is 0. The molecule has 0 unspecified atom stereocenters. The molecule has 2 heteroatoms. The Kier molecular flexibility index (Phi) is 16.7. The van der Waals surface area contributed by atoms with Crippen LogP contribution in [0, 0.1) is 0 Å². The highest BCUT2D eigenvalue weighted by Gasteiger charge is 1.95. The van der Waals surface area contributed by atoms with E-state index < -0.39 is 5.97 Å². The second-order valence-corrected chi connectivity index (χ2v) is 5.73. The van der Waals surface area contributed by atoms with Crippen LogP contribution in [0.5, 0.6) is 0 Å². The van der Waals surface area contributed by atoms with Crippen LogP contribution in [0.4, 0.5) is 0 Å². The van der Waals surface area contributed by atoms with Gasteiger partial charge < -0.3 is 5.11 Å². The maximum absolute atomic E-state index is 10.3. The van der Waals surface area contributed by atoms with Gasteiger partial charge in [-0.05, 0) is 44.9 Å². The Hall–Kier alpha value is -1.31. The number of unbranched alkanes of at least 4 members (excludes halogenated alkanes) is 7. The van der Waals surface area contributed by atoms with Crippen molar-refractivity contribution in [2.75, 3.05) is 0 Å². The van der Waals surface area contributed by atoms with E-state index in [1.54, 1.807) is 0 Å². The number of carboxylic acids is 1. The Balaban J connectivity index is 3.29. The average molecular weight is 306 g/mol. The Morgan fingerprint density at radius 1 is 0.727 bits per heavy atom. The second kappa shape index (κ2) is 17.7. The Morgan fingerprint density at radius 3 is 1.77 bits per heavy atom. The molecule has 0 atom stereocenters. The number of hydrogen-bond donors (Lipinski definition) is 1. The monoisotopic (exact) mass is 306 g/mol. The predicted molar refractivity (Wildman–Crippen MR) is 96.1 cm³/mol. The molecule has 0 rings (SSSR count). The summed E-state index contributed by atoms with van der Waals surface area (Å²) in [7, 11) is 0. The fourth-order valence-electron chi connectivity index (χ4n) is 2.18. The maximum Gasteiger partial charge on any atom is 0.303 e. The highest BCUT2D eigenvalue weighted by molar-refractivity contribution is 5.66. The Labute approximate surface area is 137 Å². The summed E-state index contributed by atoms with van der Waals surface area (Å²) in [6, 6.07) is 0. The van der Waals surface area contributed by atoms with Crippen molar-refractivity contribution in [3.63, 3.8) is 0 Å². The van der Waals surface area contributed by atoms with Gasteiger partial charge in [0, 0.05) is 6.42 Å². The smallest absolute Gasteiger partial charge is 0.303 e. The van der Waals surface area contributed by atoms with Crippen molar-refractivity contribution in [1.29, 1.82) is 0 Å². The minimum atomic E-state index is -0.678. The molecule has 0 fully saturated rings. The number of carbonyl (C=O) groups is 1. The molecule has 0 amide bonds. The topological polar surface area (TPSA) is 37.3 Å². The van der Waals surface area contributed by atoms with Crippen LogP contribution in [0.25, 0.3) is 0 Å². The summed E-state index contributed by atoms with van der Waals surface area (Å²) in [5.41, 5.74) is 0. The summed E-state index contributed by atoms with van der Waals surface area (Å²) in [5, 5.41) is 8.52. The summed E-state index contributed by atoms with van der Waals surface area (Å²) in [4.78, 5) is 10.3. The van der Waals surface area contributed by atoms with Gasteiger partial charge >= 0.3 is 5.97 Å². The van der Waals surface area contributed by atoms with E-state index in [0.29, 0.717) is 6.42 Å². The summed E-state index contributed by atoms with van der Waals surface area (Å²) in [5.74, 6) is -0.678. The zero-order valence-electron chi connectivity index (χ0n) is 14.3. The molecule has 0 aliphatic rings. The summed E-state index contributed by atoms with van der Waals surface area (Å²) < 4.78 is 0. The van der Waals surface area contributed by atoms with Crippen molar-refractivity contribution in [2.24, 2.45) is 0 Å². The van der Waals surface area contributed by atoms with Gasteiger partial charge in [-0.25, -0.2) is 0 Å². The molecule has 0 spiro atoms. The third-order valence-corrected chi connectivity index (χ3v) is 3.53. The lowest BCUT2D eigenvalue weighted by Crippen LogP contribution is -1.93. The van der Waals surface area contributed by atoms with Gasteiger partial charge in [0.2, 0.25) is 0 Å². The van der Waals surface area contributed by atoms with Crippen molar-refractivity contribution >= 4 is 5.97 Å². The van der Waals surface area contributed by atoms with Gasteiger partial charge in [0.1, 0.15) is 0 Å². The van der Waals surface area contributed by atoms with Gasteiger partial charge in [-0.2, -0.15) is 0 Å². The van der Waals surface area contributed by atoms with E-state index in [4.69, 9.17) is 5.11 Å². The molecule has 0 aliphatic carbocycles. The number of aliphatic carboxylic acids is 1. The average Bonchev–Trinajstić information content (AvgIpc) is 2.50. The minimum absolute atomic E-state index is 0.313. The largest absolute Gasteiger partial charge is 0.481 e. The van der Waals surface area contributed by atoms with Crippen LogP contribution in [-0.2, 0) is 4.79 Å². The van der Waals surface area contributed by atoms with E-state index in [0.717, 1.165) is 38.5 Å². The second-order valence-electron chi connectivity index (χ2n) is 5.73. The molecular weight excluding hydrogens is 272 g/mol. The number of rotatable bonds is 15. The van der Waals surface area contributed by atoms with Crippen LogP contribution in [-0.4, -0.2) is 11.1 Å². The zero-order chi connectivity index (χ0) is 16.3. The van der Waals surface area contributed by atoms with E-state index >= 15 is 0 Å². The van der Waals surface area contributed by atoms with E-state index in [1.807, 2.05) is 0 Å². The molecule has 0 heterocycles. The van der Waals surface area contributed by atoms with E-state index in [2.05, 4.69) is 43.4 Å². The van der Waals surface area contributed by atoms with Crippen LogP contribution in [0.15, 0.2) is 36.5 Å². The first kappa shape index (κ1) is 20.7. The van der Waals surface area contributed by atoms with Crippen molar-refractivity contribution in [3.8, 4) is 0 Å². The number of hydrogen-bond acceptors (Lipinski definition) is 1. The molecule has 1 N–H and O–H groups in total. The Bertz CT molecular complexity index is 327. The van der Waals surface area contributed by atoms with Crippen LogP contribution < -0.4 is 0 Å². The number of allylic oxidation sites excluding steroid dienone is 6. The van der Waals surface area contributed by atoms with Gasteiger partial charge in [-0.1, -0.05) is 69.1 Å². The standard InChI is InChI=1S/C20H34O2/c1-2-3-4-5-6-7-8-9-10-11-12-13-14-15-16-17-18-19-20(21)22/h6-7,9-10,12-13H,2-5,8,11,14-19H2,1H3,(H,21,22)/b7-6-,10-9?,13-12-. The quantitative estimate of drug-likeness (QED) is 0.279. The van der Waals surface area contributed by atoms with Crippen molar-refractivity contribution in [3.05, 3.63) is 36.5 Å². The first-order valence-corrected chi connectivity index (χ1v) is 8.94.